The van der Waals surface area contributed by atoms with Gasteiger partial charge in [-0.2, -0.15) is 4.98 Å². The molecule has 0 radical (unpaired) electrons. The summed E-state index contributed by atoms with van der Waals surface area (Å²) in [5, 5.41) is 13.8. The van der Waals surface area contributed by atoms with Crippen molar-refractivity contribution >= 4 is 29.2 Å². The van der Waals surface area contributed by atoms with Crippen LogP contribution < -0.4 is 5.32 Å². The maximum Gasteiger partial charge on any atom is 0.224 e. The molecular formula is C17H19ClFN3OS. The van der Waals surface area contributed by atoms with Crippen LogP contribution in [-0.4, -0.2) is 26.4 Å². The molecule has 1 aromatic carbocycles. The second-order valence-corrected chi connectivity index (χ2v) is 7.92. The monoisotopic (exact) mass is 367 g/mol. The summed E-state index contributed by atoms with van der Waals surface area (Å²) in [7, 11) is 0. The van der Waals surface area contributed by atoms with Crippen LogP contribution in [0.1, 0.15) is 37.6 Å². The van der Waals surface area contributed by atoms with Crippen molar-refractivity contribution in [2.75, 3.05) is 11.1 Å². The first-order valence-electron chi connectivity index (χ1n) is 7.75. The van der Waals surface area contributed by atoms with Gasteiger partial charge in [-0.1, -0.05) is 12.1 Å². The van der Waals surface area contributed by atoms with Gasteiger partial charge in [-0.15, -0.1) is 11.8 Å². The summed E-state index contributed by atoms with van der Waals surface area (Å²) in [4.78, 5) is 9.60. The zero-order chi connectivity index (χ0) is 17.3. The average molecular weight is 368 g/mol. The fourth-order valence-corrected chi connectivity index (χ4v) is 3.99. The van der Waals surface area contributed by atoms with E-state index >= 15 is 0 Å². The number of nitrogens with zero attached hydrogens (tertiary/aromatic N) is 2. The molecule has 3 rings (SSSR count). The van der Waals surface area contributed by atoms with Gasteiger partial charge in [0.15, 0.2) is 0 Å². The van der Waals surface area contributed by atoms with Gasteiger partial charge in [0.25, 0.3) is 0 Å². The third-order valence-corrected chi connectivity index (χ3v) is 5.08. The molecule has 0 saturated heterocycles. The van der Waals surface area contributed by atoms with Gasteiger partial charge in [-0.05, 0) is 49.6 Å². The molecule has 1 aliphatic heterocycles. The quantitative estimate of drug-likeness (QED) is 0.774. The normalized spacial score (nSPS) is 15.2. The highest BCUT2D eigenvalue weighted by atomic mass is 35.5. The lowest BCUT2D eigenvalue weighted by atomic mass is 9.94. The van der Waals surface area contributed by atoms with Gasteiger partial charge < -0.3 is 10.4 Å². The minimum atomic E-state index is -0.890. The van der Waals surface area contributed by atoms with Gasteiger partial charge in [-0.25, -0.2) is 9.37 Å². The third kappa shape index (κ3) is 4.18. The first kappa shape index (κ1) is 17.5. The Morgan fingerprint density at radius 3 is 2.71 bits per heavy atom. The van der Waals surface area contributed by atoms with E-state index in [-0.39, 0.29) is 17.1 Å². The lowest BCUT2D eigenvalue weighted by Gasteiger charge is -2.27. The minimum Gasteiger partial charge on any atom is -0.390 e. The molecule has 128 valence electrons. The lowest BCUT2D eigenvalue weighted by Crippen LogP contribution is -2.26. The molecule has 2 aromatic rings. The predicted octanol–water partition coefficient (Wildman–Crippen LogP) is 4.23. The van der Waals surface area contributed by atoms with Crippen molar-refractivity contribution in [1.82, 2.24) is 9.97 Å². The average Bonchev–Trinajstić information content (AvgIpc) is 2.94. The van der Waals surface area contributed by atoms with E-state index in [9.17, 15) is 9.50 Å². The highest BCUT2D eigenvalue weighted by Gasteiger charge is 2.26. The molecule has 2 N–H and O–H groups in total. The molecular weight excluding hydrogens is 349 g/mol. The summed E-state index contributed by atoms with van der Waals surface area (Å²) < 4.78 is 13.2. The van der Waals surface area contributed by atoms with E-state index in [0.717, 1.165) is 28.3 Å². The van der Waals surface area contributed by atoms with Gasteiger partial charge in [0.05, 0.1) is 22.2 Å². The van der Waals surface area contributed by atoms with Gasteiger partial charge in [-0.3, -0.25) is 0 Å². The Balaban J connectivity index is 1.94. The summed E-state index contributed by atoms with van der Waals surface area (Å²) >= 11 is 7.73. The van der Waals surface area contributed by atoms with E-state index < -0.39 is 5.60 Å². The van der Waals surface area contributed by atoms with Crippen molar-refractivity contribution in [1.29, 1.82) is 0 Å². The summed E-state index contributed by atoms with van der Waals surface area (Å²) in [5.74, 6) is 1.33. The molecule has 1 aliphatic rings. The molecule has 0 unspecified atom stereocenters. The Labute approximate surface area is 149 Å². The van der Waals surface area contributed by atoms with Crippen LogP contribution in [0, 0.1) is 5.82 Å². The molecule has 2 heterocycles. The van der Waals surface area contributed by atoms with Crippen molar-refractivity contribution in [2.45, 2.75) is 43.2 Å². The number of rotatable bonds is 5. The van der Waals surface area contributed by atoms with Crippen LogP contribution in [0.2, 0.25) is 5.28 Å². The van der Waals surface area contributed by atoms with Crippen molar-refractivity contribution in [2.24, 2.45) is 0 Å². The first-order chi connectivity index (χ1) is 11.3. The molecule has 0 amide bonds. The number of aliphatic hydroxyl groups is 1. The number of benzene rings is 1. The number of halogens is 2. The van der Waals surface area contributed by atoms with E-state index in [1.54, 1.807) is 37.7 Å². The van der Waals surface area contributed by atoms with Gasteiger partial charge in [0.2, 0.25) is 5.28 Å². The number of fused-ring (bicyclic) bond motifs is 1. The van der Waals surface area contributed by atoms with E-state index in [4.69, 9.17) is 11.6 Å². The zero-order valence-electron chi connectivity index (χ0n) is 13.5. The summed E-state index contributed by atoms with van der Waals surface area (Å²) in [6.07, 6.45) is 1.31. The Morgan fingerprint density at radius 2 is 2.04 bits per heavy atom. The second kappa shape index (κ2) is 6.86. The number of anilines is 1. The largest absolute Gasteiger partial charge is 0.390 e. The molecule has 24 heavy (non-hydrogen) atoms. The van der Waals surface area contributed by atoms with Crippen LogP contribution in [0.4, 0.5) is 10.2 Å². The van der Waals surface area contributed by atoms with Gasteiger partial charge in [0, 0.05) is 12.2 Å². The van der Waals surface area contributed by atoms with E-state index in [0.29, 0.717) is 12.2 Å². The van der Waals surface area contributed by atoms with Crippen molar-refractivity contribution in [3.63, 3.8) is 0 Å². The van der Waals surface area contributed by atoms with Crippen LogP contribution in [-0.2, 0) is 6.42 Å². The van der Waals surface area contributed by atoms with Gasteiger partial charge in [0.1, 0.15) is 11.6 Å². The molecule has 0 fully saturated rings. The maximum atomic E-state index is 13.2. The molecule has 7 heteroatoms. The predicted molar refractivity (Wildman–Crippen MR) is 95.1 cm³/mol. The number of nitrogens with one attached hydrogen (secondary N) is 1. The van der Waals surface area contributed by atoms with Crippen molar-refractivity contribution in [3.8, 4) is 0 Å². The Morgan fingerprint density at radius 1 is 1.33 bits per heavy atom. The number of thioether (sulfide) groups is 1. The second-order valence-electron chi connectivity index (χ2n) is 6.48. The molecule has 0 spiro atoms. The maximum absolute atomic E-state index is 13.2. The zero-order valence-corrected chi connectivity index (χ0v) is 15.1. The van der Waals surface area contributed by atoms with Crippen LogP contribution >= 0.6 is 23.4 Å². The standard InChI is InChI=1S/C17H19ClFN3OS/c1-17(2,23)9-13(10-3-5-11(19)6-4-10)20-15-14-12(7-8-24-14)21-16(18)22-15/h3-6,13,23H,7-9H2,1-2H3,(H,20,21,22)/t13-/m0/s1. The number of hydrogen-bond donors (Lipinski definition) is 2. The molecule has 0 saturated carbocycles. The Kier molecular flexibility index (Phi) is 4.99. The molecule has 1 atom stereocenters. The van der Waals surface area contributed by atoms with Crippen molar-refractivity contribution < 1.29 is 9.50 Å². The highest BCUT2D eigenvalue weighted by Crippen LogP contribution is 2.38. The summed E-state index contributed by atoms with van der Waals surface area (Å²) in [6.45, 7) is 3.49. The fraction of sp³-hybridized carbons (Fsp3) is 0.412. The fourth-order valence-electron chi connectivity index (χ4n) is 2.75. The Bertz CT molecular complexity index is 734. The number of hydrogen-bond acceptors (Lipinski definition) is 5. The van der Waals surface area contributed by atoms with Crippen LogP contribution in [0.5, 0.6) is 0 Å². The van der Waals surface area contributed by atoms with Crippen LogP contribution in [0.3, 0.4) is 0 Å². The SMILES string of the molecule is CC(C)(O)C[C@H](Nc1nc(Cl)nc2c1SCC2)c1ccc(F)cc1. The summed E-state index contributed by atoms with van der Waals surface area (Å²) in [5.41, 5.74) is 0.938. The van der Waals surface area contributed by atoms with Crippen molar-refractivity contribution in [3.05, 3.63) is 46.6 Å². The van der Waals surface area contributed by atoms with Crippen LogP contribution in [0.15, 0.2) is 29.2 Å². The smallest absolute Gasteiger partial charge is 0.224 e. The first-order valence-corrected chi connectivity index (χ1v) is 9.12. The van der Waals surface area contributed by atoms with Crippen LogP contribution in [0.25, 0.3) is 0 Å². The minimum absolute atomic E-state index is 0.208. The lowest BCUT2D eigenvalue weighted by molar-refractivity contribution is 0.0655. The molecule has 0 bridgehead atoms. The highest BCUT2D eigenvalue weighted by molar-refractivity contribution is 7.99. The van der Waals surface area contributed by atoms with E-state index in [2.05, 4.69) is 15.3 Å². The number of aromatic nitrogens is 2. The van der Waals surface area contributed by atoms with E-state index in [1.807, 2.05) is 0 Å². The van der Waals surface area contributed by atoms with E-state index in [1.165, 1.54) is 12.1 Å². The number of aryl methyl sites for hydroxylation is 1. The third-order valence-electron chi connectivity index (χ3n) is 3.78. The summed E-state index contributed by atoms with van der Waals surface area (Å²) in [6, 6.07) is 6.05. The topological polar surface area (TPSA) is 58.0 Å². The van der Waals surface area contributed by atoms with Gasteiger partial charge >= 0.3 is 0 Å². The molecule has 0 aliphatic carbocycles. The molecule has 4 nitrogen and oxygen atoms in total. The Hall–Kier alpha value is -1.37. The molecule has 1 aromatic heterocycles.